The van der Waals surface area contributed by atoms with E-state index in [1.165, 1.54) is 10.5 Å². The first-order valence-corrected chi connectivity index (χ1v) is 9.74. The minimum atomic E-state index is 0.00385. The summed E-state index contributed by atoms with van der Waals surface area (Å²) in [6.45, 7) is 7.97. The van der Waals surface area contributed by atoms with Gasteiger partial charge in [-0.15, -0.1) is 0 Å². The van der Waals surface area contributed by atoms with Gasteiger partial charge in [-0.3, -0.25) is 4.79 Å². The number of hydrogen-bond donors (Lipinski definition) is 3. The number of halogens is 1. The van der Waals surface area contributed by atoms with E-state index in [-0.39, 0.29) is 11.9 Å². The normalized spacial score (nSPS) is 21.2. The number of benzene rings is 2. The summed E-state index contributed by atoms with van der Waals surface area (Å²) in [7, 11) is 0. The van der Waals surface area contributed by atoms with E-state index in [4.69, 9.17) is 11.6 Å². The van der Waals surface area contributed by atoms with Crippen molar-refractivity contribution in [2.24, 2.45) is 0 Å². The van der Waals surface area contributed by atoms with Gasteiger partial charge in [-0.2, -0.15) is 0 Å². The number of carbonyl (C=O) groups excluding carboxylic acids is 1. The van der Waals surface area contributed by atoms with Gasteiger partial charge < -0.3 is 15.1 Å². The number of quaternary nitrogens is 2. The molecule has 1 aliphatic heterocycles. The molecule has 1 amide bonds. The van der Waals surface area contributed by atoms with Gasteiger partial charge in [-0.05, 0) is 24.6 Å². The molecule has 0 bridgehead atoms. The van der Waals surface area contributed by atoms with E-state index in [0.29, 0.717) is 11.6 Å². The molecule has 4 nitrogen and oxygen atoms in total. The van der Waals surface area contributed by atoms with E-state index in [1.54, 1.807) is 4.90 Å². The Morgan fingerprint density at radius 2 is 1.62 bits per heavy atom. The number of rotatable bonds is 6. The zero-order valence-electron chi connectivity index (χ0n) is 15.3. The van der Waals surface area contributed by atoms with Crippen LogP contribution in [-0.2, 0) is 11.3 Å². The lowest BCUT2D eigenvalue weighted by Crippen LogP contribution is -3.28. The number of piperazine rings is 1. The molecule has 1 aliphatic rings. The Hall–Kier alpha value is -1.88. The van der Waals surface area contributed by atoms with Crippen molar-refractivity contribution >= 4 is 17.5 Å². The van der Waals surface area contributed by atoms with Crippen molar-refractivity contribution in [3.05, 3.63) is 70.7 Å². The molecule has 0 aromatic heterocycles. The molecule has 3 rings (SSSR count). The van der Waals surface area contributed by atoms with Crippen LogP contribution in [0.3, 0.4) is 0 Å². The Labute approximate surface area is 160 Å². The van der Waals surface area contributed by atoms with Crippen molar-refractivity contribution < 1.29 is 14.6 Å². The van der Waals surface area contributed by atoms with Crippen molar-refractivity contribution in [3.8, 4) is 0 Å². The molecule has 26 heavy (non-hydrogen) atoms. The maximum atomic E-state index is 12.4. The Balaban J connectivity index is 1.41. The van der Waals surface area contributed by atoms with Crippen LogP contribution in [0.5, 0.6) is 0 Å². The lowest BCUT2D eigenvalue weighted by Gasteiger charge is -2.29. The number of hydrogen-bond acceptors (Lipinski definition) is 1. The lowest BCUT2D eigenvalue weighted by molar-refractivity contribution is -1.02. The Kier molecular flexibility index (Phi) is 6.67. The fourth-order valence-corrected chi connectivity index (χ4v) is 3.68. The van der Waals surface area contributed by atoms with E-state index in [2.05, 4.69) is 35.6 Å². The topological polar surface area (TPSA) is 38.0 Å². The first-order valence-electron chi connectivity index (χ1n) is 9.36. The first kappa shape index (κ1) is 18.9. The van der Waals surface area contributed by atoms with Crippen LogP contribution in [0.2, 0.25) is 5.02 Å². The molecule has 1 fully saturated rings. The summed E-state index contributed by atoms with van der Waals surface area (Å²) in [6, 6.07) is 18.3. The maximum Gasteiger partial charge on any atom is 0.275 e. The molecule has 3 N–H and O–H groups in total. The first-order chi connectivity index (χ1) is 12.6. The molecule has 1 atom stereocenters. The molecular weight excluding hydrogens is 346 g/mol. The summed E-state index contributed by atoms with van der Waals surface area (Å²) in [5.41, 5.74) is 2.47. The Morgan fingerprint density at radius 1 is 1.00 bits per heavy atom. The predicted octanol–water partition coefficient (Wildman–Crippen LogP) is 0.501. The van der Waals surface area contributed by atoms with Crippen LogP contribution in [0.1, 0.15) is 24.1 Å². The van der Waals surface area contributed by atoms with Crippen LogP contribution in [0.15, 0.2) is 54.6 Å². The van der Waals surface area contributed by atoms with Gasteiger partial charge in [0, 0.05) is 10.6 Å². The zero-order valence-corrected chi connectivity index (χ0v) is 16.1. The van der Waals surface area contributed by atoms with Gasteiger partial charge in [-0.1, -0.05) is 54.1 Å². The monoisotopic (exact) mass is 373 g/mol. The summed E-state index contributed by atoms with van der Waals surface area (Å²) in [4.78, 5) is 15.4. The highest BCUT2D eigenvalue weighted by Crippen LogP contribution is 2.15. The van der Waals surface area contributed by atoms with Gasteiger partial charge >= 0.3 is 0 Å². The highest BCUT2D eigenvalue weighted by Gasteiger charge is 2.25. The van der Waals surface area contributed by atoms with Crippen LogP contribution in [-0.4, -0.2) is 38.6 Å². The molecular formula is C21H28ClN3O+2. The average molecular weight is 374 g/mol. The smallest absolute Gasteiger partial charge is 0.275 e. The molecule has 5 heteroatoms. The van der Waals surface area contributed by atoms with Crippen molar-refractivity contribution in [2.75, 3.05) is 32.7 Å². The van der Waals surface area contributed by atoms with Gasteiger partial charge in [0.2, 0.25) is 0 Å². The molecule has 1 heterocycles. The Bertz CT molecular complexity index is 697. The van der Waals surface area contributed by atoms with E-state index >= 15 is 0 Å². The van der Waals surface area contributed by atoms with Gasteiger partial charge in [-0.25, -0.2) is 0 Å². The number of carbonyl (C=O) groups is 1. The fraction of sp³-hybridized carbons (Fsp3) is 0.381. The van der Waals surface area contributed by atoms with Gasteiger partial charge in [0.25, 0.3) is 5.91 Å². The summed E-state index contributed by atoms with van der Waals surface area (Å²) in [5, 5.41) is 3.82. The molecule has 0 unspecified atom stereocenters. The van der Waals surface area contributed by atoms with E-state index in [0.717, 1.165) is 38.3 Å². The second-order valence-electron chi connectivity index (χ2n) is 7.18. The van der Waals surface area contributed by atoms with Gasteiger partial charge in [0.1, 0.15) is 32.7 Å². The zero-order chi connectivity index (χ0) is 18.4. The predicted molar refractivity (Wildman–Crippen MR) is 104 cm³/mol. The highest BCUT2D eigenvalue weighted by molar-refractivity contribution is 6.30. The van der Waals surface area contributed by atoms with Crippen molar-refractivity contribution in [2.45, 2.75) is 19.5 Å². The molecule has 0 saturated carbocycles. The summed E-state index contributed by atoms with van der Waals surface area (Å²) < 4.78 is 0. The van der Waals surface area contributed by atoms with Gasteiger partial charge in [0.05, 0.1) is 6.04 Å². The SMILES string of the molecule is C[C@@H](NC(=O)C[NH+]1CC[NH+](Cc2ccccc2)CC1)c1ccc(Cl)cc1. The van der Waals surface area contributed by atoms with Gasteiger partial charge in [0.15, 0.2) is 6.54 Å². The van der Waals surface area contributed by atoms with Crippen molar-refractivity contribution in [1.29, 1.82) is 0 Å². The van der Waals surface area contributed by atoms with Crippen LogP contribution in [0.4, 0.5) is 0 Å². The maximum absolute atomic E-state index is 12.4. The molecule has 138 valence electrons. The van der Waals surface area contributed by atoms with Crippen LogP contribution in [0, 0.1) is 0 Å². The standard InChI is InChI=1S/C21H26ClN3O/c1-17(19-7-9-20(22)10-8-19)23-21(26)16-25-13-11-24(12-14-25)15-18-5-3-2-4-6-18/h2-10,17H,11-16H2,1H3,(H,23,26)/p+2/t17-/m1/s1. The molecule has 1 saturated heterocycles. The number of nitrogens with one attached hydrogen (secondary N) is 3. The lowest BCUT2D eigenvalue weighted by atomic mass is 10.1. The molecule has 0 radical (unpaired) electrons. The molecule has 0 aliphatic carbocycles. The molecule has 2 aromatic carbocycles. The molecule has 2 aromatic rings. The highest BCUT2D eigenvalue weighted by atomic mass is 35.5. The van der Waals surface area contributed by atoms with Crippen molar-refractivity contribution in [1.82, 2.24) is 5.32 Å². The summed E-state index contributed by atoms with van der Waals surface area (Å²) in [5.74, 6) is 0.119. The van der Waals surface area contributed by atoms with Crippen LogP contribution in [0.25, 0.3) is 0 Å². The third-order valence-electron chi connectivity index (χ3n) is 5.12. The minimum absolute atomic E-state index is 0.00385. The summed E-state index contributed by atoms with van der Waals surface area (Å²) in [6.07, 6.45) is 0. The second kappa shape index (κ2) is 9.17. The van der Waals surface area contributed by atoms with E-state index < -0.39 is 0 Å². The Morgan fingerprint density at radius 3 is 2.27 bits per heavy atom. The second-order valence-corrected chi connectivity index (χ2v) is 7.62. The third-order valence-corrected chi connectivity index (χ3v) is 5.37. The third kappa shape index (κ3) is 5.56. The average Bonchev–Trinajstić information content (AvgIpc) is 2.64. The molecule has 0 spiro atoms. The van der Waals surface area contributed by atoms with E-state index in [9.17, 15) is 4.79 Å². The minimum Gasteiger partial charge on any atom is -0.345 e. The van der Waals surface area contributed by atoms with Crippen LogP contribution < -0.4 is 15.1 Å². The largest absolute Gasteiger partial charge is 0.345 e. The summed E-state index contributed by atoms with van der Waals surface area (Å²) >= 11 is 5.92. The number of amides is 1. The van der Waals surface area contributed by atoms with Crippen LogP contribution >= 0.6 is 11.6 Å². The van der Waals surface area contributed by atoms with E-state index in [1.807, 2.05) is 31.2 Å². The fourth-order valence-electron chi connectivity index (χ4n) is 3.55. The quantitative estimate of drug-likeness (QED) is 0.678. The van der Waals surface area contributed by atoms with Crippen molar-refractivity contribution in [3.63, 3.8) is 0 Å².